The molecule has 1 heterocycles. The normalized spacial score (nSPS) is 10.8. The van der Waals surface area contributed by atoms with Gasteiger partial charge in [0.1, 0.15) is 0 Å². The van der Waals surface area contributed by atoms with Crippen molar-refractivity contribution in [2.24, 2.45) is 0 Å². The minimum atomic E-state index is -1.00. The molecule has 0 aliphatic heterocycles. The maximum atomic E-state index is 12.1. The van der Waals surface area contributed by atoms with E-state index >= 15 is 0 Å². The van der Waals surface area contributed by atoms with E-state index in [9.17, 15) is 9.59 Å². The molecule has 0 aliphatic rings. The van der Waals surface area contributed by atoms with Crippen LogP contribution in [-0.2, 0) is 11.2 Å². The lowest BCUT2D eigenvalue weighted by Crippen LogP contribution is -2.14. The fraction of sp³-hybridized carbons (Fsp3) is 0.0625. The molecule has 8 heteroatoms. The lowest BCUT2D eigenvalue weighted by molar-refractivity contribution is -0.115. The van der Waals surface area contributed by atoms with Crippen molar-refractivity contribution in [3.63, 3.8) is 0 Å². The molecule has 0 bridgehead atoms. The molecule has 0 fully saturated rings. The largest absolute Gasteiger partial charge is 0.478 e. The molecule has 0 radical (unpaired) electrons. The highest BCUT2D eigenvalue weighted by Crippen LogP contribution is 2.27. The van der Waals surface area contributed by atoms with Crippen molar-refractivity contribution in [3.05, 3.63) is 57.6 Å². The summed E-state index contributed by atoms with van der Waals surface area (Å²) < 4.78 is 0.694. The molecular weight excluding hydrogens is 371 g/mol. The van der Waals surface area contributed by atoms with Crippen molar-refractivity contribution in [3.8, 4) is 0 Å². The molecule has 3 aromatic rings. The SMILES string of the molecule is O=C(Cc1ccc(Cl)c(Cl)c1)Nc1nc2ccc(C(=O)O)cc2s1. The molecule has 0 atom stereocenters. The molecule has 0 aliphatic carbocycles. The first kappa shape index (κ1) is 16.7. The van der Waals surface area contributed by atoms with Crippen LogP contribution in [0.3, 0.4) is 0 Å². The van der Waals surface area contributed by atoms with Crippen LogP contribution in [-0.4, -0.2) is 22.0 Å². The molecule has 1 amide bonds. The number of anilines is 1. The van der Waals surface area contributed by atoms with Crippen LogP contribution in [0.4, 0.5) is 5.13 Å². The van der Waals surface area contributed by atoms with Crippen molar-refractivity contribution >= 4 is 61.8 Å². The summed E-state index contributed by atoms with van der Waals surface area (Å²) >= 11 is 13.0. The Kier molecular flexibility index (Phi) is 4.71. The molecule has 2 N–H and O–H groups in total. The third kappa shape index (κ3) is 3.67. The van der Waals surface area contributed by atoms with Gasteiger partial charge in [0.15, 0.2) is 5.13 Å². The Morgan fingerprint density at radius 2 is 1.92 bits per heavy atom. The van der Waals surface area contributed by atoms with Crippen LogP contribution >= 0.6 is 34.5 Å². The van der Waals surface area contributed by atoms with E-state index in [-0.39, 0.29) is 17.9 Å². The molecule has 0 saturated carbocycles. The Labute approximate surface area is 150 Å². The number of aromatic nitrogens is 1. The summed E-state index contributed by atoms with van der Waals surface area (Å²) in [6.45, 7) is 0. The van der Waals surface area contributed by atoms with Gasteiger partial charge in [-0.1, -0.05) is 40.6 Å². The van der Waals surface area contributed by atoms with Crippen LogP contribution < -0.4 is 5.32 Å². The maximum Gasteiger partial charge on any atom is 0.335 e. The van der Waals surface area contributed by atoms with Crippen LogP contribution in [0.5, 0.6) is 0 Å². The van der Waals surface area contributed by atoms with Gasteiger partial charge >= 0.3 is 5.97 Å². The highest BCUT2D eigenvalue weighted by atomic mass is 35.5. The predicted octanol–water partition coefficient (Wildman–Crippen LogP) is 4.48. The number of thiazole rings is 1. The first-order valence-electron chi connectivity index (χ1n) is 6.80. The number of carboxylic acid groups (broad SMARTS) is 1. The lowest BCUT2D eigenvalue weighted by atomic mass is 10.1. The Balaban J connectivity index is 1.75. The molecule has 5 nitrogen and oxygen atoms in total. The van der Waals surface area contributed by atoms with Crippen LogP contribution in [0.2, 0.25) is 10.0 Å². The summed E-state index contributed by atoms with van der Waals surface area (Å²) in [5.41, 5.74) is 1.55. The number of halogens is 2. The summed E-state index contributed by atoms with van der Waals surface area (Å²) in [4.78, 5) is 27.4. The summed E-state index contributed by atoms with van der Waals surface area (Å²) in [6.07, 6.45) is 0.132. The second-order valence-electron chi connectivity index (χ2n) is 4.98. The number of amides is 1. The van der Waals surface area contributed by atoms with Crippen LogP contribution in [0.25, 0.3) is 10.2 Å². The Hall–Kier alpha value is -2.15. The number of nitrogens with one attached hydrogen (secondary N) is 1. The molecular formula is C16H10Cl2N2O3S. The molecule has 122 valence electrons. The number of rotatable bonds is 4. The van der Waals surface area contributed by atoms with Crippen molar-refractivity contribution < 1.29 is 14.7 Å². The minimum absolute atomic E-state index is 0.132. The number of carboxylic acids is 1. The maximum absolute atomic E-state index is 12.1. The van der Waals surface area contributed by atoms with Crippen LogP contribution in [0.15, 0.2) is 36.4 Å². The molecule has 24 heavy (non-hydrogen) atoms. The van der Waals surface area contributed by atoms with Gasteiger partial charge in [0.05, 0.1) is 32.2 Å². The predicted molar refractivity (Wildman–Crippen MR) is 95.4 cm³/mol. The van der Waals surface area contributed by atoms with Crippen molar-refractivity contribution in [1.29, 1.82) is 0 Å². The topological polar surface area (TPSA) is 79.3 Å². The highest BCUT2D eigenvalue weighted by molar-refractivity contribution is 7.22. The molecule has 1 aromatic heterocycles. The summed E-state index contributed by atoms with van der Waals surface area (Å²) in [7, 11) is 0. The van der Waals surface area contributed by atoms with E-state index in [1.807, 2.05) is 0 Å². The van der Waals surface area contributed by atoms with E-state index < -0.39 is 5.97 Å². The van der Waals surface area contributed by atoms with Crippen molar-refractivity contribution in [1.82, 2.24) is 4.98 Å². The standard InChI is InChI=1S/C16H10Cl2N2O3S/c17-10-3-1-8(5-11(10)18)6-14(21)20-16-19-12-4-2-9(15(22)23)7-13(12)24-16/h1-5,7H,6H2,(H,22,23)(H,19,20,21). The number of aromatic carboxylic acids is 1. The van der Waals surface area contributed by atoms with E-state index in [0.717, 1.165) is 5.56 Å². The highest BCUT2D eigenvalue weighted by Gasteiger charge is 2.11. The second kappa shape index (κ2) is 6.76. The molecule has 0 unspecified atom stereocenters. The lowest BCUT2D eigenvalue weighted by Gasteiger charge is -2.03. The Morgan fingerprint density at radius 1 is 1.12 bits per heavy atom. The van der Waals surface area contributed by atoms with Gasteiger partial charge < -0.3 is 10.4 Å². The zero-order valence-electron chi connectivity index (χ0n) is 12.0. The quantitative estimate of drug-likeness (QED) is 0.698. The number of hydrogen-bond acceptors (Lipinski definition) is 4. The average Bonchev–Trinajstić information content (AvgIpc) is 2.91. The van der Waals surface area contributed by atoms with E-state index in [2.05, 4.69) is 10.3 Å². The fourth-order valence-electron chi connectivity index (χ4n) is 2.11. The average molecular weight is 381 g/mol. The van der Waals surface area contributed by atoms with Crippen molar-refractivity contribution in [2.45, 2.75) is 6.42 Å². The number of carbonyl (C=O) groups is 2. The number of hydrogen-bond donors (Lipinski definition) is 2. The molecule has 0 spiro atoms. The Bertz CT molecular complexity index is 956. The number of carbonyl (C=O) groups excluding carboxylic acids is 1. The third-order valence-electron chi connectivity index (χ3n) is 3.23. The summed E-state index contributed by atoms with van der Waals surface area (Å²) in [5, 5.41) is 12.9. The van der Waals surface area contributed by atoms with E-state index in [4.69, 9.17) is 28.3 Å². The van der Waals surface area contributed by atoms with Gasteiger partial charge in [-0.15, -0.1) is 0 Å². The zero-order chi connectivity index (χ0) is 17.3. The van der Waals surface area contributed by atoms with Gasteiger partial charge in [-0.3, -0.25) is 4.79 Å². The zero-order valence-corrected chi connectivity index (χ0v) is 14.4. The van der Waals surface area contributed by atoms with Gasteiger partial charge in [-0.2, -0.15) is 0 Å². The van der Waals surface area contributed by atoms with Gasteiger partial charge in [-0.05, 0) is 35.9 Å². The molecule has 0 saturated heterocycles. The van der Waals surface area contributed by atoms with E-state index in [1.54, 1.807) is 24.3 Å². The summed E-state index contributed by atoms with van der Waals surface area (Å²) in [5.74, 6) is -1.25. The van der Waals surface area contributed by atoms with E-state index in [0.29, 0.717) is 25.4 Å². The van der Waals surface area contributed by atoms with Gasteiger partial charge in [0.25, 0.3) is 0 Å². The van der Waals surface area contributed by atoms with Gasteiger partial charge in [0.2, 0.25) is 5.91 Å². The first-order valence-corrected chi connectivity index (χ1v) is 8.37. The molecule has 2 aromatic carbocycles. The second-order valence-corrected chi connectivity index (χ2v) is 6.83. The number of fused-ring (bicyclic) bond motifs is 1. The van der Waals surface area contributed by atoms with Gasteiger partial charge in [-0.25, -0.2) is 9.78 Å². The number of nitrogens with zero attached hydrogens (tertiary/aromatic N) is 1. The monoisotopic (exact) mass is 380 g/mol. The summed E-state index contributed by atoms with van der Waals surface area (Å²) in [6, 6.07) is 9.63. The number of benzene rings is 2. The minimum Gasteiger partial charge on any atom is -0.478 e. The fourth-order valence-corrected chi connectivity index (χ4v) is 3.35. The van der Waals surface area contributed by atoms with E-state index in [1.165, 1.54) is 23.5 Å². The Morgan fingerprint density at radius 3 is 2.62 bits per heavy atom. The third-order valence-corrected chi connectivity index (χ3v) is 4.90. The van der Waals surface area contributed by atoms with Crippen LogP contribution in [0.1, 0.15) is 15.9 Å². The van der Waals surface area contributed by atoms with Gasteiger partial charge in [0, 0.05) is 0 Å². The van der Waals surface area contributed by atoms with Crippen LogP contribution in [0, 0.1) is 0 Å². The van der Waals surface area contributed by atoms with Crippen molar-refractivity contribution in [2.75, 3.05) is 5.32 Å². The molecule has 3 rings (SSSR count). The first-order chi connectivity index (χ1) is 11.4. The smallest absolute Gasteiger partial charge is 0.335 e.